The number of nitrogens with zero attached hydrogens (tertiary/aromatic N) is 5. The van der Waals surface area contributed by atoms with Crippen LogP contribution in [0.5, 0.6) is 0 Å². The number of piperazine rings is 1. The second kappa shape index (κ2) is 9.97. The first-order valence-corrected chi connectivity index (χ1v) is 11.8. The molecule has 1 aromatic carbocycles. The smallest absolute Gasteiger partial charge is 0.231 e. The number of aromatic nitrogens is 2. The van der Waals surface area contributed by atoms with Gasteiger partial charge in [-0.2, -0.15) is 0 Å². The first-order chi connectivity index (χ1) is 15.8. The molecule has 1 aromatic heterocycles. The van der Waals surface area contributed by atoms with Crippen LogP contribution in [0.4, 0.5) is 17.3 Å². The molecule has 1 fully saturated rings. The van der Waals surface area contributed by atoms with Gasteiger partial charge in [-0.1, -0.05) is 44.2 Å². The summed E-state index contributed by atoms with van der Waals surface area (Å²) >= 11 is 6.08. The maximum atomic E-state index is 13.5. The van der Waals surface area contributed by atoms with Gasteiger partial charge in [-0.25, -0.2) is 9.97 Å². The van der Waals surface area contributed by atoms with E-state index in [1.165, 1.54) is 0 Å². The van der Waals surface area contributed by atoms with Crippen molar-refractivity contribution >= 4 is 34.8 Å². The third kappa shape index (κ3) is 5.07. The van der Waals surface area contributed by atoms with E-state index in [0.717, 1.165) is 28.6 Å². The molecule has 1 amide bonds. The maximum Gasteiger partial charge on any atom is 0.231 e. The van der Waals surface area contributed by atoms with Crippen molar-refractivity contribution in [3.63, 3.8) is 0 Å². The molecule has 0 bridgehead atoms. The minimum absolute atomic E-state index is 0.141. The van der Waals surface area contributed by atoms with Crippen LogP contribution in [-0.4, -0.2) is 73.1 Å². The number of hydrogen-bond acceptors (Lipinski definition) is 7. The first kappa shape index (κ1) is 23.3. The fourth-order valence-electron chi connectivity index (χ4n) is 4.26. The average Bonchev–Trinajstić information content (AvgIpc) is 2.82. The average molecular weight is 470 g/mol. The normalized spacial score (nSPS) is 17.1. The Morgan fingerprint density at radius 1 is 1.18 bits per heavy atom. The summed E-state index contributed by atoms with van der Waals surface area (Å²) in [6.45, 7) is 12.3. The fraction of sp³-hybridized carbons (Fsp3) is 0.458. The lowest BCUT2D eigenvalue weighted by Gasteiger charge is -2.39. The molecule has 33 heavy (non-hydrogen) atoms. The SMILES string of the molecule is C=C1CNc2ncnc(N3CCN(C(=O)[C@H](CNC(C)C)c4ccc(Cl)cc4)CC3)c2N1C. The Balaban J connectivity index is 1.48. The summed E-state index contributed by atoms with van der Waals surface area (Å²) in [5.74, 6) is 1.58. The van der Waals surface area contributed by atoms with Crippen molar-refractivity contribution in [3.8, 4) is 0 Å². The summed E-state index contributed by atoms with van der Waals surface area (Å²) in [6.07, 6.45) is 1.59. The standard InChI is InChI=1S/C24H32ClN7O/c1-16(2)26-14-20(18-5-7-19(25)8-6-18)24(33)32-11-9-31(10-12-32)23-21-22(28-15-29-23)27-13-17(3)30(21)4/h5-8,15-16,20,26H,3,9-14H2,1-2,4H3,(H,27,28,29)/t20-/m1/s1. The van der Waals surface area contributed by atoms with Gasteiger partial charge in [-0.3, -0.25) is 4.79 Å². The van der Waals surface area contributed by atoms with E-state index >= 15 is 0 Å². The van der Waals surface area contributed by atoms with Gasteiger partial charge in [0.2, 0.25) is 5.91 Å². The number of benzene rings is 1. The molecule has 1 saturated heterocycles. The molecule has 0 spiro atoms. The quantitative estimate of drug-likeness (QED) is 0.673. The van der Waals surface area contributed by atoms with Crippen LogP contribution in [0.15, 0.2) is 42.9 Å². The summed E-state index contributed by atoms with van der Waals surface area (Å²) in [5.41, 5.74) is 2.89. The van der Waals surface area contributed by atoms with E-state index in [1.54, 1.807) is 6.33 Å². The fourth-order valence-corrected chi connectivity index (χ4v) is 4.38. The van der Waals surface area contributed by atoms with Crippen LogP contribution < -0.4 is 20.4 Å². The van der Waals surface area contributed by atoms with E-state index < -0.39 is 0 Å². The molecule has 9 heteroatoms. The minimum atomic E-state index is -0.248. The third-order valence-electron chi connectivity index (χ3n) is 6.26. The second-order valence-electron chi connectivity index (χ2n) is 8.85. The van der Waals surface area contributed by atoms with Gasteiger partial charge in [0.1, 0.15) is 12.0 Å². The Kier molecular flexibility index (Phi) is 7.05. The van der Waals surface area contributed by atoms with Crippen molar-refractivity contribution < 1.29 is 4.79 Å². The zero-order valence-electron chi connectivity index (χ0n) is 19.5. The number of amides is 1. The zero-order valence-corrected chi connectivity index (χ0v) is 20.3. The predicted molar refractivity (Wildman–Crippen MR) is 134 cm³/mol. The minimum Gasteiger partial charge on any atom is -0.363 e. The Morgan fingerprint density at radius 3 is 2.55 bits per heavy atom. The van der Waals surface area contributed by atoms with Crippen molar-refractivity contribution in [2.75, 3.05) is 61.4 Å². The van der Waals surface area contributed by atoms with Gasteiger partial charge in [0.25, 0.3) is 0 Å². The van der Waals surface area contributed by atoms with Crippen molar-refractivity contribution in [1.82, 2.24) is 20.2 Å². The lowest BCUT2D eigenvalue weighted by atomic mass is 9.96. The molecule has 0 radical (unpaired) electrons. The molecular weight excluding hydrogens is 438 g/mol. The number of hydrogen-bond donors (Lipinski definition) is 2. The van der Waals surface area contributed by atoms with E-state index in [2.05, 4.69) is 45.9 Å². The van der Waals surface area contributed by atoms with Gasteiger partial charge in [0.15, 0.2) is 11.6 Å². The highest BCUT2D eigenvalue weighted by Gasteiger charge is 2.31. The number of carbonyl (C=O) groups is 1. The van der Waals surface area contributed by atoms with Gasteiger partial charge in [0, 0.05) is 56.5 Å². The number of carbonyl (C=O) groups excluding carboxylic acids is 1. The molecule has 0 unspecified atom stereocenters. The van der Waals surface area contributed by atoms with Crippen LogP contribution in [0.25, 0.3) is 0 Å². The summed E-state index contributed by atoms with van der Waals surface area (Å²) in [4.78, 5) is 28.8. The summed E-state index contributed by atoms with van der Waals surface area (Å²) in [6, 6.07) is 7.90. The molecule has 8 nitrogen and oxygen atoms in total. The number of nitrogens with one attached hydrogen (secondary N) is 2. The van der Waals surface area contributed by atoms with Crippen molar-refractivity contribution in [2.45, 2.75) is 25.8 Å². The van der Waals surface area contributed by atoms with Gasteiger partial charge in [0.05, 0.1) is 12.5 Å². The Morgan fingerprint density at radius 2 is 1.88 bits per heavy atom. The van der Waals surface area contributed by atoms with Gasteiger partial charge in [-0.15, -0.1) is 0 Å². The largest absolute Gasteiger partial charge is 0.363 e. The highest BCUT2D eigenvalue weighted by atomic mass is 35.5. The summed E-state index contributed by atoms with van der Waals surface area (Å²) in [5, 5.41) is 7.41. The number of rotatable bonds is 6. The zero-order chi connectivity index (χ0) is 23.5. The molecule has 0 saturated carbocycles. The highest BCUT2D eigenvalue weighted by Crippen LogP contribution is 2.37. The van der Waals surface area contributed by atoms with E-state index in [-0.39, 0.29) is 11.8 Å². The summed E-state index contributed by atoms with van der Waals surface area (Å²) < 4.78 is 0. The van der Waals surface area contributed by atoms with Crippen LogP contribution in [0.2, 0.25) is 5.02 Å². The van der Waals surface area contributed by atoms with E-state index in [0.29, 0.717) is 50.3 Å². The molecule has 1 atom stereocenters. The predicted octanol–water partition coefficient (Wildman–Crippen LogP) is 2.94. The van der Waals surface area contributed by atoms with Gasteiger partial charge < -0.3 is 25.3 Å². The number of fused-ring (bicyclic) bond motifs is 1. The molecule has 2 N–H and O–H groups in total. The molecule has 4 rings (SSSR count). The molecule has 0 aliphatic carbocycles. The van der Waals surface area contributed by atoms with Crippen LogP contribution >= 0.6 is 11.6 Å². The molecule has 2 aromatic rings. The lowest BCUT2D eigenvalue weighted by Crippen LogP contribution is -2.51. The van der Waals surface area contributed by atoms with Crippen molar-refractivity contribution in [3.05, 3.63) is 53.5 Å². The highest BCUT2D eigenvalue weighted by molar-refractivity contribution is 6.30. The van der Waals surface area contributed by atoms with E-state index in [9.17, 15) is 4.79 Å². The van der Waals surface area contributed by atoms with Gasteiger partial charge in [-0.05, 0) is 17.7 Å². The molecule has 2 aliphatic heterocycles. The molecule has 176 valence electrons. The number of halogens is 1. The van der Waals surface area contributed by atoms with E-state index in [1.807, 2.05) is 41.1 Å². The Labute approximate surface area is 200 Å². The van der Waals surface area contributed by atoms with Crippen LogP contribution in [0.3, 0.4) is 0 Å². The molecular formula is C24H32ClN7O. The maximum absolute atomic E-state index is 13.5. The van der Waals surface area contributed by atoms with Crippen LogP contribution in [0, 0.1) is 0 Å². The van der Waals surface area contributed by atoms with Gasteiger partial charge >= 0.3 is 0 Å². The van der Waals surface area contributed by atoms with Crippen molar-refractivity contribution in [1.29, 1.82) is 0 Å². The number of anilines is 3. The molecule has 3 heterocycles. The lowest BCUT2D eigenvalue weighted by molar-refractivity contribution is -0.133. The first-order valence-electron chi connectivity index (χ1n) is 11.4. The third-order valence-corrected chi connectivity index (χ3v) is 6.52. The van der Waals surface area contributed by atoms with E-state index in [4.69, 9.17) is 11.6 Å². The Bertz CT molecular complexity index is 1000. The van der Waals surface area contributed by atoms with Crippen LogP contribution in [-0.2, 0) is 4.79 Å². The number of likely N-dealkylation sites (N-methyl/N-ethyl adjacent to an activating group) is 1. The van der Waals surface area contributed by atoms with Crippen molar-refractivity contribution in [2.24, 2.45) is 0 Å². The Hall–Kier alpha value is -2.84. The monoisotopic (exact) mass is 469 g/mol. The topological polar surface area (TPSA) is 76.6 Å². The second-order valence-corrected chi connectivity index (χ2v) is 9.29. The molecule has 2 aliphatic rings. The van der Waals surface area contributed by atoms with Crippen LogP contribution in [0.1, 0.15) is 25.3 Å². The summed E-state index contributed by atoms with van der Waals surface area (Å²) in [7, 11) is 1.99.